The lowest BCUT2D eigenvalue weighted by molar-refractivity contribution is 0.414. The maximum absolute atomic E-state index is 5.68. The molecule has 1 aromatic heterocycles. The van der Waals surface area contributed by atoms with Crippen LogP contribution in [0, 0.1) is 0 Å². The van der Waals surface area contributed by atoms with Crippen LogP contribution in [-0.2, 0) is 12.8 Å². The molecule has 2 nitrogen and oxygen atoms in total. The lowest BCUT2D eigenvalue weighted by atomic mass is 10.1. The first-order chi connectivity index (χ1) is 8.81. The number of rotatable bonds is 6. The molecule has 0 saturated carbocycles. The highest BCUT2D eigenvalue weighted by atomic mass is 35.5. The second-order valence-electron chi connectivity index (χ2n) is 4.05. The molecule has 1 aromatic carbocycles. The van der Waals surface area contributed by atoms with Gasteiger partial charge in [0.2, 0.25) is 0 Å². The third kappa shape index (κ3) is 3.72. The van der Waals surface area contributed by atoms with Crippen LogP contribution in [0.25, 0.3) is 0 Å². The lowest BCUT2D eigenvalue weighted by Gasteiger charge is -2.02. The van der Waals surface area contributed by atoms with E-state index in [2.05, 4.69) is 22.5 Å². The van der Waals surface area contributed by atoms with E-state index in [0.717, 1.165) is 35.7 Å². The van der Waals surface area contributed by atoms with E-state index in [1.807, 2.05) is 12.1 Å². The van der Waals surface area contributed by atoms with Crippen LogP contribution in [-0.4, -0.2) is 18.0 Å². The molecule has 0 amide bonds. The number of aryl methyl sites for hydroxylation is 1. The number of methoxy groups -OCH3 is 1. The van der Waals surface area contributed by atoms with E-state index < -0.39 is 0 Å². The summed E-state index contributed by atoms with van der Waals surface area (Å²) in [4.78, 5) is 4.62. The number of hydrogen-bond donors (Lipinski definition) is 0. The van der Waals surface area contributed by atoms with Crippen molar-refractivity contribution in [2.24, 2.45) is 0 Å². The average molecular weight is 282 g/mol. The molecule has 0 saturated heterocycles. The minimum absolute atomic E-state index is 0.697. The van der Waals surface area contributed by atoms with E-state index in [1.165, 1.54) is 5.56 Å². The molecule has 96 valence electrons. The monoisotopic (exact) mass is 281 g/mol. The molecule has 0 aliphatic carbocycles. The van der Waals surface area contributed by atoms with Crippen LogP contribution in [0.2, 0.25) is 0 Å². The molecule has 0 unspecified atom stereocenters. The molecule has 0 fully saturated rings. The van der Waals surface area contributed by atoms with Crippen molar-refractivity contribution in [3.63, 3.8) is 0 Å². The van der Waals surface area contributed by atoms with Gasteiger partial charge in [0.1, 0.15) is 5.75 Å². The third-order valence-corrected chi connectivity index (χ3v) is 3.82. The maximum Gasteiger partial charge on any atom is 0.119 e. The van der Waals surface area contributed by atoms with E-state index >= 15 is 0 Å². The van der Waals surface area contributed by atoms with Crippen molar-refractivity contribution in [1.29, 1.82) is 0 Å². The van der Waals surface area contributed by atoms with Gasteiger partial charge in [0.25, 0.3) is 0 Å². The highest BCUT2D eigenvalue weighted by Gasteiger charge is 2.04. The van der Waals surface area contributed by atoms with Gasteiger partial charge in [-0.3, -0.25) is 0 Å². The summed E-state index contributed by atoms with van der Waals surface area (Å²) < 4.78 is 5.22. The topological polar surface area (TPSA) is 22.1 Å². The smallest absolute Gasteiger partial charge is 0.119 e. The molecule has 18 heavy (non-hydrogen) atoms. The fraction of sp³-hybridized carbons (Fsp3) is 0.357. The van der Waals surface area contributed by atoms with E-state index in [-0.39, 0.29) is 0 Å². The first-order valence-electron chi connectivity index (χ1n) is 5.94. The van der Waals surface area contributed by atoms with Crippen molar-refractivity contribution in [1.82, 2.24) is 4.98 Å². The Morgan fingerprint density at radius 3 is 3.06 bits per heavy atom. The molecule has 0 aliphatic rings. The highest BCUT2D eigenvalue weighted by molar-refractivity contribution is 7.09. The zero-order chi connectivity index (χ0) is 12.8. The summed E-state index contributed by atoms with van der Waals surface area (Å²) in [7, 11) is 1.69. The van der Waals surface area contributed by atoms with Crippen LogP contribution in [0.1, 0.15) is 22.7 Å². The quantitative estimate of drug-likeness (QED) is 0.749. The first kappa shape index (κ1) is 13.4. The lowest BCUT2D eigenvalue weighted by Crippen LogP contribution is -1.91. The second-order valence-corrected chi connectivity index (χ2v) is 5.37. The van der Waals surface area contributed by atoms with Crippen molar-refractivity contribution in [2.45, 2.75) is 19.3 Å². The van der Waals surface area contributed by atoms with E-state index in [4.69, 9.17) is 16.3 Å². The molecule has 4 heteroatoms. The summed E-state index contributed by atoms with van der Waals surface area (Å²) in [5, 5.41) is 3.27. The summed E-state index contributed by atoms with van der Waals surface area (Å²) in [5.74, 6) is 1.59. The standard InChI is InChI=1S/C14H16ClNOS/c1-17-13-6-2-4-11(8-13)9-14-16-12(10-18-14)5-3-7-15/h2,4,6,8,10H,3,5,7,9H2,1H3. The molecule has 0 radical (unpaired) electrons. The zero-order valence-electron chi connectivity index (χ0n) is 10.4. The van der Waals surface area contributed by atoms with Gasteiger partial charge < -0.3 is 4.74 Å². The number of alkyl halides is 1. The zero-order valence-corrected chi connectivity index (χ0v) is 11.9. The van der Waals surface area contributed by atoms with Gasteiger partial charge in [-0.1, -0.05) is 12.1 Å². The Balaban J connectivity index is 2.01. The Hall–Kier alpha value is -1.06. The molecule has 0 N–H and O–H groups in total. The predicted molar refractivity (Wildman–Crippen MR) is 77.0 cm³/mol. The first-order valence-corrected chi connectivity index (χ1v) is 7.35. The van der Waals surface area contributed by atoms with Crippen molar-refractivity contribution < 1.29 is 4.74 Å². The summed E-state index contributed by atoms with van der Waals surface area (Å²) in [5.41, 5.74) is 2.38. The van der Waals surface area contributed by atoms with Crippen LogP contribution in [0.3, 0.4) is 0 Å². The maximum atomic E-state index is 5.68. The predicted octanol–water partition coefficient (Wildman–Crippen LogP) is 3.91. The fourth-order valence-electron chi connectivity index (χ4n) is 1.75. The number of nitrogens with zero attached hydrogens (tertiary/aromatic N) is 1. The number of halogens is 1. The average Bonchev–Trinajstić information content (AvgIpc) is 2.84. The summed E-state index contributed by atoms with van der Waals surface area (Å²) in [6, 6.07) is 8.12. The normalized spacial score (nSPS) is 10.6. The van der Waals surface area contributed by atoms with Crippen molar-refractivity contribution >= 4 is 22.9 Å². The third-order valence-electron chi connectivity index (χ3n) is 2.66. The van der Waals surface area contributed by atoms with Gasteiger partial charge in [-0.15, -0.1) is 22.9 Å². The van der Waals surface area contributed by atoms with Crippen LogP contribution in [0.4, 0.5) is 0 Å². The van der Waals surface area contributed by atoms with Gasteiger partial charge in [0.15, 0.2) is 0 Å². The van der Waals surface area contributed by atoms with E-state index in [1.54, 1.807) is 18.4 Å². The Labute approximate surface area is 117 Å². The van der Waals surface area contributed by atoms with Gasteiger partial charge in [0.05, 0.1) is 17.8 Å². The summed E-state index contributed by atoms with van der Waals surface area (Å²) in [6.45, 7) is 0. The van der Waals surface area contributed by atoms with Crippen molar-refractivity contribution in [2.75, 3.05) is 13.0 Å². The molecule has 2 rings (SSSR count). The van der Waals surface area contributed by atoms with Crippen molar-refractivity contribution in [3.05, 3.63) is 45.9 Å². The molecule has 1 heterocycles. The molecule has 0 spiro atoms. The summed E-state index contributed by atoms with van der Waals surface area (Å²) >= 11 is 7.40. The van der Waals surface area contributed by atoms with Crippen molar-refractivity contribution in [3.8, 4) is 5.75 Å². The van der Waals surface area contributed by atoms with Gasteiger partial charge in [-0.25, -0.2) is 4.98 Å². The number of benzene rings is 1. The fourth-order valence-corrected chi connectivity index (χ4v) is 2.75. The van der Waals surface area contributed by atoms with Crippen LogP contribution >= 0.6 is 22.9 Å². The van der Waals surface area contributed by atoms with Gasteiger partial charge in [-0.05, 0) is 30.5 Å². The van der Waals surface area contributed by atoms with Gasteiger partial charge in [-0.2, -0.15) is 0 Å². The minimum Gasteiger partial charge on any atom is -0.497 e. The number of hydrogen-bond acceptors (Lipinski definition) is 3. The largest absolute Gasteiger partial charge is 0.497 e. The van der Waals surface area contributed by atoms with Gasteiger partial charge in [0, 0.05) is 17.7 Å². The highest BCUT2D eigenvalue weighted by Crippen LogP contribution is 2.19. The Morgan fingerprint density at radius 1 is 1.39 bits per heavy atom. The number of aromatic nitrogens is 1. The molecule has 2 aromatic rings. The van der Waals surface area contributed by atoms with Crippen LogP contribution in [0.15, 0.2) is 29.6 Å². The van der Waals surface area contributed by atoms with E-state index in [9.17, 15) is 0 Å². The molecule has 0 aliphatic heterocycles. The molecule has 0 atom stereocenters. The Kier molecular flexibility index (Phi) is 5.02. The minimum atomic E-state index is 0.697. The van der Waals surface area contributed by atoms with Gasteiger partial charge >= 0.3 is 0 Å². The van der Waals surface area contributed by atoms with Crippen LogP contribution < -0.4 is 4.74 Å². The second kappa shape index (κ2) is 6.76. The number of ether oxygens (including phenoxy) is 1. The Bertz CT molecular complexity index is 498. The van der Waals surface area contributed by atoms with Crippen LogP contribution in [0.5, 0.6) is 5.75 Å². The molecular weight excluding hydrogens is 266 g/mol. The van der Waals surface area contributed by atoms with E-state index in [0.29, 0.717) is 5.88 Å². The summed E-state index contributed by atoms with van der Waals surface area (Å²) in [6.07, 6.45) is 2.82. The molecule has 0 bridgehead atoms. The number of thiazole rings is 1. The molecular formula is C14H16ClNOS. The Morgan fingerprint density at radius 2 is 2.28 bits per heavy atom. The SMILES string of the molecule is COc1cccc(Cc2nc(CCCCl)cs2)c1.